The van der Waals surface area contributed by atoms with Crippen molar-refractivity contribution in [3.05, 3.63) is 101 Å². The fourth-order valence-electron chi connectivity index (χ4n) is 5.59. The predicted molar refractivity (Wildman–Crippen MR) is 174 cm³/mol. The highest BCUT2D eigenvalue weighted by molar-refractivity contribution is 7.86. The number of nitrogens with zero attached hydrogens (tertiary/aromatic N) is 4. The second-order valence-electron chi connectivity index (χ2n) is 11.0. The summed E-state index contributed by atoms with van der Waals surface area (Å²) >= 11 is 0. The first-order valence-corrected chi connectivity index (χ1v) is 16.2. The molecule has 0 saturated heterocycles. The van der Waals surface area contributed by atoms with Crippen LogP contribution in [0.3, 0.4) is 0 Å². The quantitative estimate of drug-likeness (QED) is 0.106. The third-order valence-corrected chi connectivity index (χ3v) is 8.60. The summed E-state index contributed by atoms with van der Waals surface area (Å²) in [4.78, 5) is 35.4. The molecule has 16 heteroatoms. The number of benzene rings is 2. The number of rotatable bonds is 16. The normalized spacial score (nSPS) is 12.9. The molecule has 4 rings (SSSR count). The standard InChI is InChI=1S/C33H36N4O11S/c1-20-14-21(47-2)15-23(32(20)42)30(25-8-4-6-10-34-25)36(18-28(38)39)12-13-37(19-29(40)41)31(26-9-5-7-11-35-26)24-16-22(48-3)17-27(33(24)43)49(44,45)46/h4-11,14-17,30-31,42-43H,12-13,18-19H2,1-3H3,(H,38,39)(H,40,41)(H,44,45,46)/t30?,31-/m0/s1. The fourth-order valence-corrected chi connectivity index (χ4v) is 6.22. The van der Waals surface area contributed by atoms with E-state index in [9.17, 15) is 43.0 Å². The lowest BCUT2D eigenvalue weighted by atomic mass is 9.96. The number of carboxylic acid groups (broad SMARTS) is 2. The Morgan fingerprint density at radius 2 is 1.20 bits per heavy atom. The molecule has 0 aliphatic heterocycles. The SMILES string of the molecule is COc1cc(C)c(O)c(C(c2ccccn2)N(CCN(CC(=O)O)[C@H](c2ccccn2)c2cc(OC)cc(S(=O)(=O)O)c2O)CC(=O)O)c1. The molecule has 5 N–H and O–H groups in total. The molecule has 4 aromatic rings. The Balaban J connectivity index is 1.90. The zero-order valence-corrected chi connectivity index (χ0v) is 27.6. The summed E-state index contributed by atoms with van der Waals surface area (Å²) in [5.74, 6) is -3.19. The van der Waals surface area contributed by atoms with Crippen molar-refractivity contribution >= 4 is 22.1 Å². The van der Waals surface area contributed by atoms with E-state index < -0.39 is 57.9 Å². The number of hydrogen-bond acceptors (Lipinski definition) is 12. The first-order valence-electron chi connectivity index (χ1n) is 14.7. The van der Waals surface area contributed by atoms with Crippen molar-refractivity contribution in [2.75, 3.05) is 40.4 Å². The molecule has 0 fully saturated rings. The van der Waals surface area contributed by atoms with Gasteiger partial charge >= 0.3 is 11.9 Å². The number of aryl methyl sites for hydroxylation is 1. The van der Waals surface area contributed by atoms with Crippen LogP contribution in [0.4, 0.5) is 0 Å². The van der Waals surface area contributed by atoms with Gasteiger partial charge in [-0.3, -0.25) is 33.9 Å². The molecule has 0 aliphatic rings. The van der Waals surface area contributed by atoms with Crippen LogP contribution in [0.2, 0.25) is 0 Å². The Hall–Kier alpha value is -5.29. The third kappa shape index (κ3) is 8.80. The van der Waals surface area contributed by atoms with Gasteiger partial charge in [0.15, 0.2) is 0 Å². The summed E-state index contributed by atoms with van der Waals surface area (Å²) in [5.41, 5.74) is 1.16. The first-order chi connectivity index (χ1) is 23.2. The van der Waals surface area contributed by atoms with Gasteiger partial charge in [0, 0.05) is 42.7 Å². The van der Waals surface area contributed by atoms with Crippen molar-refractivity contribution in [3.63, 3.8) is 0 Å². The van der Waals surface area contributed by atoms with Crippen LogP contribution in [0.25, 0.3) is 0 Å². The molecule has 2 aromatic heterocycles. The Morgan fingerprint density at radius 3 is 1.59 bits per heavy atom. The van der Waals surface area contributed by atoms with E-state index in [2.05, 4.69) is 9.97 Å². The molecule has 260 valence electrons. The number of aromatic nitrogens is 2. The van der Waals surface area contributed by atoms with E-state index in [0.717, 1.165) is 6.07 Å². The second kappa shape index (κ2) is 15.7. The largest absolute Gasteiger partial charge is 0.507 e. The van der Waals surface area contributed by atoms with E-state index in [-0.39, 0.29) is 41.4 Å². The molecular weight excluding hydrogens is 660 g/mol. The van der Waals surface area contributed by atoms with Crippen LogP contribution in [0.1, 0.15) is 40.2 Å². The molecule has 0 radical (unpaired) electrons. The Labute approximate surface area is 282 Å². The van der Waals surface area contributed by atoms with Gasteiger partial charge in [-0.05, 0) is 55.0 Å². The van der Waals surface area contributed by atoms with E-state index in [4.69, 9.17) is 9.47 Å². The molecule has 2 aromatic carbocycles. The highest BCUT2D eigenvalue weighted by Gasteiger charge is 2.34. The predicted octanol–water partition coefficient (Wildman–Crippen LogP) is 3.11. The van der Waals surface area contributed by atoms with Gasteiger partial charge in [0.2, 0.25) is 0 Å². The molecule has 2 atom stereocenters. The Kier molecular flexibility index (Phi) is 11.7. The van der Waals surface area contributed by atoms with Crippen LogP contribution in [0.15, 0.2) is 78.0 Å². The van der Waals surface area contributed by atoms with Crippen LogP contribution in [0, 0.1) is 6.92 Å². The van der Waals surface area contributed by atoms with E-state index in [1.807, 2.05) is 0 Å². The van der Waals surface area contributed by atoms with Crippen molar-refractivity contribution in [1.29, 1.82) is 0 Å². The van der Waals surface area contributed by atoms with Crippen molar-refractivity contribution in [2.24, 2.45) is 0 Å². The summed E-state index contributed by atoms with van der Waals surface area (Å²) in [6.07, 6.45) is 2.93. The minimum absolute atomic E-state index is 0.0665. The maximum atomic E-state index is 12.3. The van der Waals surface area contributed by atoms with Gasteiger partial charge in [0.25, 0.3) is 10.1 Å². The first kappa shape index (κ1) is 36.5. The Morgan fingerprint density at radius 1 is 0.755 bits per heavy atom. The van der Waals surface area contributed by atoms with Crippen LogP contribution in [-0.2, 0) is 19.7 Å². The molecule has 0 aliphatic carbocycles. The molecule has 1 unspecified atom stereocenters. The van der Waals surface area contributed by atoms with Crippen LogP contribution < -0.4 is 9.47 Å². The fraction of sp³-hybridized carbons (Fsp3) is 0.273. The summed E-state index contributed by atoms with van der Waals surface area (Å²) in [6.45, 7) is 0.0362. The highest BCUT2D eigenvalue weighted by Crippen LogP contribution is 2.41. The lowest BCUT2D eigenvalue weighted by Gasteiger charge is -2.36. The van der Waals surface area contributed by atoms with Crippen molar-refractivity contribution in [3.8, 4) is 23.0 Å². The number of hydrogen-bond donors (Lipinski definition) is 5. The molecule has 0 amide bonds. The number of aromatic hydroxyl groups is 2. The lowest BCUT2D eigenvalue weighted by Crippen LogP contribution is -2.43. The van der Waals surface area contributed by atoms with Gasteiger partial charge in [0.1, 0.15) is 27.9 Å². The monoisotopic (exact) mass is 696 g/mol. The van der Waals surface area contributed by atoms with Crippen LogP contribution in [0.5, 0.6) is 23.0 Å². The molecule has 0 bridgehead atoms. The van der Waals surface area contributed by atoms with Crippen molar-refractivity contribution < 1.29 is 52.5 Å². The van der Waals surface area contributed by atoms with Crippen LogP contribution >= 0.6 is 0 Å². The number of carbonyl (C=O) groups is 2. The molecule has 49 heavy (non-hydrogen) atoms. The number of ether oxygens (including phenoxy) is 2. The number of carboxylic acids is 2. The van der Waals surface area contributed by atoms with E-state index >= 15 is 0 Å². The number of pyridine rings is 2. The number of phenols is 2. The summed E-state index contributed by atoms with van der Waals surface area (Å²) in [6, 6.07) is 12.9. The van der Waals surface area contributed by atoms with Crippen LogP contribution in [-0.4, -0.2) is 106 Å². The average Bonchev–Trinajstić information content (AvgIpc) is 3.06. The van der Waals surface area contributed by atoms with E-state index in [0.29, 0.717) is 17.0 Å². The average molecular weight is 697 g/mol. The van der Waals surface area contributed by atoms with E-state index in [1.165, 1.54) is 48.5 Å². The number of phenolic OH excluding ortho intramolecular Hbond substituents is 2. The van der Waals surface area contributed by atoms with Gasteiger partial charge in [-0.15, -0.1) is 0 Å². The van der Waals surface area contributed by atoms with Gasteiger partial charge < -0.3 is 29.9 Å². The Bertz CT molecular complexity index is 1890. The molecule has 2 heterocycles. The molecule has 15 nitrogen and oxygen atoms in total. The molecule has 0 saturated carbocycles. The third-order valence-electron chi connectivity index (χ3n) is 7.74. The van der Waals surface area contributed by atoms with Gasteiger partial charge in [-0.25, -0.2) is 0 Å². The summed E-state index contributed by atoms with van der Waals surface area (Å²) in [5, 5.41) is 42.5. The molecular formula is C33H36N4O11S. The van der Waals surface area contributed by atoms with Gasteiger partial charge in [-0.2, -0.15) is 8.42 Å². The molecule has 0 spiro atoms. The van der Waals surface area contributed by atoms with E-state index in [1.54, 1.807) is 49.4 Å². The maximum Gasteiger partial charge on any atom is 0.317 e. The summed E-state index contributed by atoms with van der Waals surface area (Å²) < 4.78 is 45.1. The minimum atomic E-state index is -4.98. The maximum absolute atomic E-state index is 12.3. The van der Waals surface area contributed by atoms with Gasteiger partial charge in [0.05, 0.1) is 50.8 Å². The van der Waals surface area contributed by atoms with Crippen molar-refractivity contribution in [2.45, 2.75) is 23.9 Å². The zero-order valence-electron chi connectivity index (χ0n) is 26.8. The highest BCUT2D eigenvalue weighted by atomic mass is 32.2. The smallest absolute Gasteiger partial charge is 0.317 e. The second-order valence-corrected chi connectivity index (χ2v) is 12.4. The zero-order chi connectivity index (χ0) is 35.9. The van der Waals surface area contributed by atoms with Crippen molar-refractivity contribution in [1.82, 2.24) is 19.8 Å². The topological polar surface area (TPSA) is 220 Å². The number of methoxy groups -OCH3 is 2. The van der Waals surface area contributed by atoms with Gasteiger partial charge in [-0.1, -0.05) is 12.1 Å². The minimum Gasteiger partial charge on any atom is -0.507 e. The lowest BCUT2D eigenvalue weighted by molar-refractivity contribution is -0.140. The summed E-state index contributed by atoms with van der Waals surface area (Å²) in [7, 11) is -2.29. The number of aliphatic carboxylic acids is 2.